The summed E-state index contributed by atoms with van der Waals surface area (Å²) in [5.41, 5.74) is 0.629. The van der Waals surface area contributed by atoms with Crippen molar-refractivity contribution in [3.8, 4) is 5.75 Å². The molecule has 0 aromatic heterocycles. The number of hydrogen-bond donors (Lipinski definition) is 2. The molecule has 0 aliphatic heterocycles. The van der Waals surface area contributed by atoms with Gasteiger partial charge < -0.3 is 14.9 Å². The van der Waals surface area contributed by atoms with E-state index in [9.17, 15) is 23.4 Å². The average molecular weight is 264 g/mol. The van der Waals surface area contributed by atoms with Gasteiger partial charge in [-0.05, 0) is 24.1 Å². The molecule has 0 saturated carbocycles. The number of benzene rings is 1. The topological polar surface area (TPSA) is 49.7 Å². The van der Waals surface area contributed by atoms with Crippen LogP contribution in [0.2, 0.25) is 0 Å². The van der Waals surface area contributed by atoms with Crippen molar-refractivity contribution in [2.24, 2.45) is 0 Å². The lowest BCUT2D eigenvalue weighted by Gasteiger charge is -2.16. The monoisotopic (exact) mass is 264 g/mol. The summed E-state index contributed by atoms with van der Waals surface area (Å²) in [4.78, 5) is 0. The van der Waals surface area contributed by atoms with Crippen LogP contribution in [0.15, 0.2) is 24.3 Å². The van der Waals surface area contributed by atoms with Crippen molar-refractivity contribution in [2.75, 3.05) is 0 Å². The molecule has 0 bridgehead atoms. The van der Waals surface area contributed by atoms with Crippen molar-refractivity contribution in [3.63, 3.8) is 0 Å². The third kappa shape index (κ3) is 4.93. The molecule has 0 saturated heterocycles. The summed E-state index contributed by atoms with van der Waals surface area (Å²) in [7, 11) is 0. The van der Waals surface area contributed by atoms with Crippen LogP contribution in [0.4, 0.5) is 13.2 Å². The number of rotatable bonds is 5. The maximum absolute atomic E-state index is 11.9. The molecular weight excluding hydrogens is 249 g/mol. The molecule has 2 N–H and O–H groups in total. The summed E-state index contributed by atoms with van der Waals surface area (Å²) >= 11 is 0. The number of aliphatic hydroxyl groups excluding tert-OH is 2. The fourth-order valence-corrected chi connectivity index (χ4v) is 1.48. The first-order chi connectivity index (χ1) is 8.31. The summed E-state index contributed by atoms with van der Waals surface area (Å²) < 4.78 is 39.4. The van der Waals surface area contributed by atoms with Gasteiger partial charge in [-0.2, -0.15) is 0 Å². The fraction of sp³-hybridized carbons (Fsp3) is 0.500. The van der Waals surface area contributed by atoms with E-state index in [4.69, 9.17) is 0 Å². The molecule has 1 rings (SSSR count). The molecule has 2 atom stereocenters. The zero-order valence-electron chi connectivity index (χ0n) is 9.81. The van der Waals surface area contributed by atoms with Crippen LogP contribution in [0.1, 0.15) is 18.9 Å². The largest absolute Gasteiger partial charge is 0.573 e. The highest BCUT2D eigenvalue weighted by molar-refractivity contribution is 5.27. The van der Waals surface area contributed by atoms with E-state index in [0.717, 1.165) is 0 Å². The van der Waals surface area contributed by atoms with Crippen LogP contribution < -0.4 is 4.74 Å². The van der Waals surface area contributed by atoms with Crippen LogP contribution in [0, 0.1) is 0 Å². The molecule has 0 fully saturated rings. The van der Waals surface area contributed by atoms with Crippen molar-refractivity contribution >= 4 is 0 Å². The van der Waals surface area contributed by atoms with Crippen LogP contribution in [0.5, 0.6) is 5.75 Å². The minimum atomic E-state index is -4.71. The van der Waals surface area contributed by atoms with Crippen LogP contribution in [0.25, 0.3) is 0 Å². The van der Waals surface area contributed by atoms with Crippen molar-refractivity contribution in [1.29, 1.82) is 0 Å². The number of hydrogen-bond acceptors (Lipinski definition) is 3. The highest BCUT2D eigenvalue weighted by Gasteiger charge is 2.30. The Morgan fingerprint density at radius 2 is 1.67 bits per heavy atom. The summed E-state index contributed by atoms with van der Waals surface area (Å²) in [6.07, 6.45) is -5.88. The third-order valence-electron chi connectivity index (χ3n) is 2.46. The first kappa shape index (κ1) is 14.8. The van der Waals surface area contributed by atoms with Gasteiger partial charge in [0.15, 0.2) is 0 Å². The average Bonchev–Trinajstić information content (AvgIpc) is 2.28. The molecule has 1 aromatic carbocycles. The molecule has 0 radical (unpaired) electrons. The Hall–Kier alpha value is -1.27. The highest BCUT2D eigenvalue weighted by Crippen LogP contribution is 2.23. The molecule has 18 heavy (non-hydrogen) atoms. The Balaban J connectivity index is 2.60. The molecule has 0 aliphatic carbocycles. The first-order valence-electron chi connectivity index (χ1n) is 5.52. The Morgan fingerprint density at radius 3 is 2.11 bits per heavy atom. The first-order valence-corrected chi connectivity index (χ1v) is 5.52. The van der Waals surface area contributed by atoms with E-state index in [1.807, 2.05) is 0 Å². The SMILES string of the molecule is CCC(O)C(O)Cc1ccc(OC(F)(F)F)cc1. The van der Waals surface area contributed by atoms with E-state index in [1.165, 1.54) is 24.3 Å². The van der Waals surface area contributed by atoms with E-state index in [0.29, 0.717) is 12.0 Å². The van der Waals surface area contributed by atoms with Crippen molar-refractivity contribution in [3.05, 3.63) is 29.8 Å². The second kappa shape index (κ2) is 6.06. The Morgan fingerprint density at radius 1 is 1.11 bits per heavy atom. The number of ether oxygens (including phenoxy) is 1. The lowest BCUT2D eigenvalue weighted by Crippen LogP contribution is -2.27. The zero-order valence-corrected chi connectivity index (χ0v) is 9.81. The predicted octanol–water partition coefficient (Wildman–Crippen LogP) is 2.26. The van der Waals surface area contributed by atoms with Gasteiger partial charge in [-0.3, -0.25) is 0 Å². The molecule has 6 heteroatoms. The maximum Gasteiger partial charge on any atom is 0.573 e. The normalized spacial score (nSPS) is 15.2. The second-order valence-electron chi connectivity index (χ2n) is 3.94. The van der Waals surface area contributed by atoms with Gasteiger partial charge in [-0.1, -0.05) is 19.1 Å². The molecule has 1 aromatic rings. The molecule has 0 amide bonds. The molecule has 0 aliphatic rings. The summed E-state index contributed by atoms with van der Waals surface area (Å²) in [6.45, 7) is 1.73. The lowest BCUT2D eigenvalue weighted by atomic mass is 10.0. The minimum absolute atomic E-state index is 0.182. The minimum Gasteiger partial charge on any atom is -0.406 e. The van der Waals surface area contributed by atoms with Crippen LogP contribution in [-0.4, -0.2) is 28.8 Å². The number of halogens is 3. The van der Waals surface area contributed by atoms with Gasteiger partial charge in [0, 0.05) is 6.42 Å². The van der Waals surface area contributed by atoms with Crippen molar-refractivity contribution < 1.29 is 28.1 Å². The van der Waals surface area contributed by atoms with E-state index < -0.39 is 18.6 Å². The highest BCUT2D eigenvalue weighted by atomic mass is 19.4. The fourth-order valence-electron chi connectivity index (χ4n) is 1.48. The van der Waals surface area contributed by atoms with Crippen LogP contribution in [-0.2, 0) is 6.42 Å². The van der Waals surface area contributed by atoms with Gasteiger partial charge in [0.05, 0.1) is 12.2 Å². The van der Waals surface area contributed by atoms with Crippen molar-refractivity contribution in [2.45, 2.75) is 38.3 Å². The Bertz CT molecular complexity index is 362. The van der Waals surface area contributed by atoms with Crippen LogP contribution >= 0.6 is 0 Å². The maximum atomic E-state index is 11.9. The molecular formula is C12H15F3O3. The van der Waals surface area contributed by atoms with E-state index in [2.05, 4.69) is 4.74 Å². The predicted molar refractivity (Wildman–Crippen MR) is 59.1 cm³/mol. The second-order valence-corrected chi connectivity index (χ2v) is 3.94. The smallest absolute Gasteiger partial charge is 0.406 e. The Labute approximate surface area is 103 Å². The van der Waals surface area contributed by atoms with Crippen LogP contribution in [0.3, 0.4) is 0 Å². The van der Waals surface area contributed by atoms with E-state index in [-0.39, 0.29) is 12.2 Å². The molecule has 0 spiro atoms. The van der Waals surface area contributed by atoms with E-state index in [1.54, 1.807) is 6.92 Å². The van der Waals surface area contributed by atoms with Gasteiger partial charge in [-0.15, -0.1) is 13.2 Å². The quantitative estimate of drug-likeness (QED) is 0.857. The molecule has 102 valence electrons. The Kier molecular flexibility index (Phi) is 4.98. The summed E-state index contributed by atoms with van der Waals surface area (Å²) in [5.74, 6) is -0.309. The summed E-state index contributed by atoms with van der Waals surface area (Å²) in [5, 5.41) is 18.9. The lowest BCUT2D eigenvalue weighted by molar-refractivity contribution is -0.274. The molecule has 0 heterocycles. The molecule has 3 nitrogen and oxygen atoms in total. The number of aliphatic hydroxyl groups is 2. The van der Waals surface area contributed by atoms with Gasteiger partial charge in [0.25, 0.3) is 0 Å². The standard InChI is InChI=1S/C12H15F3O3/c1-2-10(16)11(17)7-8-3-5-9(6-4-8)18-12(13,14)15/h3-6,10-11,16-17H,2,7H2,1H3. The molecule has 2 unspecified atom stereocenters. The zero-order chi connectivity index (χ0) is 13.8. The van der Waals surface area contributed by atoms with Gasteiger partial charge in [0.1, 0.15) is 5.75 Å². The van der Waals surface area contributed by atoms with Gasteiger partial charge in [0.2, 0.25) is 0 Å². The summed E-state index contributed by atoms with van der Waals surface area (Å²) in [6, 6.07) is 5.20. The van der Waals surface area contributed by atoms with E-state index >= 15 is 0 Å². The van der Waals surface area contributed by atoms with Gasteiger partial charge >= 0.3 is 6.36 Å². The number of alkyl halides is 3. The third-order valence-corrected chi connectivity index (χ3v) is 2.46. The van der Waals surface area contributed by atoms with Gasteiger partial charge in [-0.25, -0.2) is 0 Å². The van der Waals surface area contributed by atoms with Crippen molar-refractivity contribution in [1.82, 2.24) is 0 Å².